The fourth-order valence-electron chi connectivity index (χ4n) is 3.11. The molecular formula is C27H26O6. The van der Waals surface area contributed by atoms with Crippen LogP contribution in [-0.2, 0) is 47.9 Å². The van der Waals surface area contributed by atoms with E-state index in [1.54, 1.807) is 0 Å². The van der Waals surface area contributed by atoms with Crippen LogP contribution in [0.1, 0.15) is 16.7 Å². The van der Waals surface area contributed by atoms with Gasteiger partial charge in [-0.05, 0) is 16.7 Å². The lowest BCUT2D eigenvalue weighted by Gasteiger charge is -2.18. The van der Waals surface area contributed by atoms with Crippen LogP contribution in [0.5, 0.6) is 0 Å². The van der Waals surface area contributed by atoms with Crippen molar-refractivity contribution in [1.82, 2.24) is 0 Å². The van der Waals surface area contributed by atoms with Crippen molar-refractivity contribution in [2.45, 2.75) is 25.4 Å². The first-order valence-corrected chi connectivity index (χ1v) is 10.7. The first-order valence-electron chi connectivity index (χ1n) is 10.7. The van der Waals surface area contributed by atoms with Gasteiger partial charge < -0.3 is 14.2 Å². The Kier molecular flexibility index (Phi) is 9.21. The summed E-state index contributed by atoms with van der Waals surface area (Å²) in [6, 6.07) is 27.5. The average molecular weight is 446 g/mol. The van der Waals surface area contributed by atoms with Crippen molar-refractivity contribution in [2.75, 3.05) is 13.2 Å². The molecule has 3 aromatic rings. The van der Waals surface area contributed by atoms with Crippen molar-refractivity contribution in [3.8, 4) is 0 Å². The van der Waals surface area contributed by atoms with Gasteiger partial charge in [-0.3, -0.25) is 14.4 Å². The molecule has 0 bridgehead atoms. The van der Waals surface area contributed by atoms with E-state index < -0.39 is 24.0 Å². The van der Waals surface area contributed by atoms with E-state index in [1.807, 2.05) is 91.0 Å². The molecule has 0 saturated carbocycles. The molecule has 0 N–H and O–H groups in total. The second-order valence-electron chi connectivity index (χ2n) is 7.47. The average Bonchev–Trinajstić information content (AvgIpc) is 2.83. The van der Waals surface area contributed by atoms with Crippen LogP contribution in [0.15, 0.2) is 91.0 Å². The van der Waals surface area contributed by atoms with Gasteiger partial charge in [-0.2, -0.15) is 0 Å². The first kappa shape index (κ1) is 23.7. The van der Waals surface area contributed by atoms with Gasteiger partial charge in [0, 0.05) is 0 Å². The standard InChI is InChI=1S/C27H26O6/c28-25(16-21-10-4-1-5-11-21)31-19-24(33-27(30)18-23-14-8-3-9-15-23)20-32-26(29)17-22-12-6-2-7-13-22/h1-15,24H,16-20H2. The molecule has 0 fully saturated rings. The molecule has 3 rings (SSSR count). The molecule has 0 aliphatic heterocycles. The van der Waals surface area contributed by atoms with Gasteiger partial charge >= 0.3 is 17.9 Å². The van der Waals surface area contributed by atoms with Crippen molar-refractivity contribution >= 4 is 17.9 Å². The number of esters is 3. The van der Waals surface area contributed by atoms with Gasteiger partial charge in [0.15, 0.2) is 6.10 Å². The number of ether oxygens (including phenoxy) is 3. The minimum atomic E-state index is -0.902. The Hall–Kier alpha value is -3.93. The van der Waals surface area contributed by atoms with Crippen LogP contribution in [0.4, 0.5) is 0 Å². The Bertz CT molecular complexity index is 961. The minimum Gasteiger partial charge on any atom is -0.461 e. The molecule has 0 unspecified atom stereocenters. The molecule has 6 nitrogen and oxygen atoms in total. The summed E-state index contributed by atoms with van der Waals surface area (Å²) in [6.07, 6.45) is -0.646. The highest BCUT2D eigenvalue weighted by molar-refractivity contribution is 5.74. The van der Waals surface area contributed by atoms with Gasteiger partial charge in [-0.15, -0.1) is 0 Å². The molecule has 0 atom stereocenters. The van der Waals surface area contributed by atoms with Gasteiger partial charge in [-0.25, -0.2) is 0 Å². The Morgan fingerprint density at radius 3 is 1.21 bits per heavy atom. The normalized spacial score (nSPS) is 10.5. The van der Waals surface area contributed by atoms with Crippen LogP contribution in [-0.4, -0.2) is 37.2 Å². The predicted octanol–water partition coefficient (Wildman–Crippen LogP) is 3.71. The smallest absolute Gasteiger partial charge is 0.310 e. The zero-order valence-corrected chi connectivity index (χ0v) is 18.2. The monoisotopic (exact) mass is 446 g/mol. The number of carbonyl (C=O) groups excluding carboxylic acids is 3. The highest BCUT2D eigenvalue weighted by atomic mass is 16.6. The van der Waals surface area contributed by atoms with E-state index in [4.69, 9.17) is 14.2 Å². The summed E-state index contributed by atoms with van der Waals surface area (Å²) < 4.78 is 16.1. The molecule has 0 aliphatic carbocycles. The van der Waals surface area contributed by atoms with Gasteiger partial charge in [0.05, 0.1) is 19.3 Å². The van der Waals surface area contributed by atoms with Crippen LogP contribution < -0.4 is 0 Å². The van der Waals surface area contributed by atoms with Gasteiger partial charge in [0.2, 0.25) is 0 Å². The van der Waals surface area contributed by atoms with Crippen LogP contribution in [0.2, 0.25) is 0 Å². The summed E-state index contributed by atoms with van der Waals surface area (Å²) in [5, 5.41) is 0. The van der Waals surface area contributed by atoms with Crippen LogP contribution in [0, 0.1) is 0 Å². The lowest BCUT2D eigenvalue weighted by Crippen LogP contribution is -2.32. The van der Waals surface area contributed by atoms with Gasteiger partial charge in [-0.1, -0.05) is 91.0 Å². The van der Waals surface area contributed by atoms with Gasteiger partial charge in [0.25, 0.3) is 0 Å². The van der Waals surface area contributed by atoms with Crippen LogP contribution in [0.3, 0.4) is 0 Å². The number of carbonyl (C=O) groups is 3. The van der Waals surface area contributed by atoms with E-state index in [0.717, 1.165) is 16.7 Å². The first-order chi connectivity index (χ1) is 16.1. The maximum absolute atomic E-state index is 12.4. The van der Waals surface area contributed by atoms with Crippen molar-refractivity contribution in [1.29, 1.82) is 0 Å². The largest absolute Gasteiger partial charge is 0.461 e. The Balaban J connectivity index is 1.54. The third kappa shape index (κ3) is 8.99. The van der Waals surface area contributed by atoms with E-state index in [1.165, 1.54) is 0 Å². The van der Waals surface area contributed by atoms with Crippen LogP contribution >= 0.6 is 0 Å². The highest BCUT2D eigenvalue weighted by Gasteiger charge is 2.20. The zero-order chi connectivity index (χ0) is 23.3. The quantitative estimate of drug-likeness (QED) is 0.330. The third-order valence-corrected chi connectivity index (χ3v) is 4.73. The van der Waals surface area contributed by atoms with E-state index in [9.17, 15) is 14.4 Å². The number of hydrogen-bond acceptors (Lipinski definition) is 6. The molecule has 0 spiro atoms. The third-order valence-electron chi connectivity index (χ3n) is 4.73. The molecule has 0 heterocycles. The molecule has 0 saturated heterocycles. The lowest BCUT2D eigenvalue weighted by molar-refractivity contribution is -0.165. The highest BCUT2D eigenvalue weighted by Crippen LogP contribution is 2.07. The molecule has 33 heavy (non-hydrogen) atoms. The zero-order valence-electron chi connectivity index (χ0n) is 18.2. The van der Waals surface area contributed by atoms with Crippen molar-refractivity contribution in [3.05, 3.63) is 108 Å². The van der Waals surface area contributed by atoms with Gasteiger partial charge in [0.1, 0.15) is 13.2 Å². The van der Waals surface area contributed by atoms with E-state index in [-0.39, 0.29) is 32.5 Å². The topological polar surface area (TPSA) is 78.9 Å². The van der Waals surface area contributed by atoms with Crippen molar-refractivity contribution < 1.29 is 28.6 Å². The summed E-state index contributed by atoms with van der Waals surface area (Å²) >= 11 is 0. The minimum absolute atomic E-state index is 0.0628. The fraction of sp³-hybridized carbons (Fsp3) is 0.222. The molecule has 170 valence electrons. The summed E-state index contributed by atoms with van der Waals surface area (Å²) in [5.74, 6) is -1.41. The fourth-order valence-corrected chi connectivity index (χ4v) is 3.11. The van der Waals surface area contributed by atoms with Crippen LogP contribution in [0.25, 0.3) is 0 Å². The van der Waals surface area contributed by atoms with E-state index in [2.05, 4.69) is 0 Å². The van der Waals surface area contributed by atoms with Crippen molar-refractivity contribution in [3.63, 3.8) is 0 Å². The Morgan fingerprint density at radius 2 is 0.848 bits per heavy atom. The molecule has 0 amide bonds. The molecule has 3 aromatic carbocycles. The number of hydrogen-bond donors (Lipinski definition) is 0. The molecule has 0 aliphatic rings. The second kappa shape index (κ2) is 12.8. The maximum Gasteiger partial charge on any atom is 0.310 e. The summed E-state index contributed by atoms with van der Waals surface area (Å²) in [6.45, 7) is -0.407. The second-order valence-corrected chi connectivity index (χ2v) is 7.47. The number of rotatable bonds is 11. The maximum atomic E-state index is 12.4. The molecule has 0 aromatic heterocycles. The summed E-state index contributed by atoms with van der Waals surface area (Å²) in [7, 11) is 0. The Labute approximate surface area is 193 Å². The lowest BCUT2D eigenvalue weighted by atomic mass is 10.1. The Morgan fingerprint density at radius 1 is 0.515 bits per heavy atom. The summed E-state index contributed by atoms with van der Waals surface area (Å²) in [5.41, 5.74) is 2.42. The SMILES string of the molecule is O=C(Cc1ccccc1)OCC(COC(=O)Cc1ccccc1)OC(=O)Cc1ccccc1. The molecule has 6 heteroatoms. The predicted molar refractivity (Wildman–Crippen MR) is 122 cm³/mol. The molecule has 0 radical (unpaired) electrons. The van der Waals surface area contributed by atoms with E-state index >= 15 is 0 Å². The van der Waals surface area contributed by atoms with E-state index in [0.29, 0.717) is 0 Å². The molecular weight excluding hydrogens is 420 g/mol. The summed E-state index contributed by atoms with van der Waals surface area (Å²) in [4.78, 5) is 36.8. The number of benzene rings is 3. The van der Waals surface area contributed by atoms with Crippen molar-refractivity contribution in [2.24, 2.45) is 0 Å².